The van der Waals surface area contributed by atoms with Gasteiger partial charge in [0.15, 0.2) is 0 Å². The molecule has 0 bridgehead atoms. The van der Waals surface area contributed by atoms with Crippen LogP contribution >= 0.6 is 0 Å². The molecule has 1 saturated carbocycles. The lowest BCUT2D eigenvalue weighted by Crippen LogP contribution is -2.05. The molecule has 1 aromatic rings. The number of anilines is 1. The molecule has 2 rings (SSSR count). The number of nitro groups is 1. The molecular weight excluding hydrogens is 196 g/mol. The largest absolute Gasteiger partial charge is 0.363 e. The Balaban J connectivity index is 1.95. The molecule has 0 unspecified atom stereocenters. The van der Waals surface area contributed by atoms with Crippen molar-refractivity contribution < 1.29 is 4.92 Å². The van der Waals surface area contributed by atoms with Gasteiger partial charge in [0.2, 0.25) is 5.82 Å². The fourth-order valence-electron chi connectivity index (χ4n) is 1.54. The van der Waals surface area contributed by atoms with E-state index in [-0.39, 0.29) is 5.69 Å². The Morgan fingerprint density at radius 3 is 3.07 bits per heavy atom. The first-order valence-electron chi connectivity index (χ1n) is 5.08. The van der Waals surface area contributed by atoms with E-state index in [1.165, 1.54) is 23.7 Å². The third kappa shape index (κ3) is 2.45. The Hall–Kier alpha value is -1.59. The van der Waals surface area contributed by atoms with E-state index >= 15 is 0 Å². The Labute approximate surface area is 87.4 Å². The van der Waals surface area contributed by atoms with Crippen LogP contribution in [0.25, 0.3) is 0 Å². The Morgan fingerprint density at radius 2 is 2.47 bits per heavy atom. The van der Waals surface area contributed by atoms with Crippen molar-refractivity contribution in [2.24, 2.45) is 13.0 Å². The first-order valence-corrected chi connectivity index (χ1v) is 5.08. The normalized spacial score (nSPS) is 15.3. The lowest BCUT2D eigenvalue weighted by molar-refractivity contribution is -0.384. The van der Waals surface area contributed by atoms with Gasteiger partial charge in [-0.2, -0.15) is 0 Å². The Bertz CT molecular complexity index is 370. The molecule has 6 nitrogen and oxygen atoms in total. The third-order valence-electron chi connectivity index (χ3n) is 2.55. The van der Waals surface area contributed by atoms with Gasteiger partial charge in [-0.3, -0.25) is 14.8 Å². The van der Waals surface area contributed by atoms with Gasteiger partial charge in [-0.15, -0.1) is 5.10 Å². The highest BCUT2D eigenvalue weighted by Gasteiger charge is 2.22. The Morgan fingerprint density at radius 1 is 1.73 bits per heavy atom. The molecule has 1 aliphatic rings. The SMILES string of the molecule is Cn1cc([N+](=O)[O-])c(NCCC2CC2)n1. The molecule has 1 aliphatic carbocycles. The molecule has 1 heterocycles. The maximum absolute atomic E-state index is 10.7. The zero-order valence-corrected chi connectivity index (χ0v) is 8.64. The number of hydrogen-bond acceptors (Lipinski definition) is 4. The summed E-state index contributed by atoms with van der Waals surface area (Å²) in [5.74, 6) is 1.20. The summed E-state index contributed by atoms with van der Waals surface area (Å²) in [6.07, 6.45) is 5.09. The molecule has 1 N–H and O–H groups in total. The molecule has 6 heteroatoms. The highest BCUT2D eigenvalue weighted by molar-refractivity contribution is 5.54. The summed E-state index contributed by atoms with van der Waals surface area (Å²) in [7, 11) is 1.68. The number of nitrogens with zero attached hydrogens (tertiary/aromatic N) is 3. The minimum absolute atomic E-state index is 0.0493. The molecule has 0 spiro atoms. The molecule has 0 aliphatic heterocycles. The summed E-state index contributed by atoms with van der Waals surface area (Å²) >= 11 is 0. The number of rotatable bonds is 5. The Kier molecular flexibility index (Phi) is 2.57. The summed E-state index contributed by atoms with van der Waals surface area (Å²) < 4.78 is 1.46. The second-order valence-corrected chi connectivity index (χ2v) is 3.95. The average Bonchev–Trinajstić information content (AvgIpc) is 2.89. The van der Waals surface area contributed by atoms with Crippen molar-refractivity contribution in [1.29, 1.82) is 0 Å². The van der Waals surface area contributed by atoms with Gasteiger partial charge in [-0.25, -0.2) is 0 Å². The van der Waals surface area contributed by atoms with Crippen LogP contribution in [0.3, 0.4) is 0 Å². The smallest absolute Gasteiger partial charge is 0.330 e. The van der Waals surface area contributed by atoms with Crippen LogP contribution in [0.2, 0.25) is 0 Å². The molecule has 0 saturated heterocycles. The maximum atomic E-state index is 10.7. The van der Waals surface area contributed by atoms with Gasteiger partial charge in [0.25, 0.3) is 0 Å². The van der Waals surface area contributed by atoms with Gasteiger partial charge in [-0.05, 0) is 12.3 Å². The average molecular weight is 210 g/mol. The van der Waals surface area contributed by atoms with Crippen molar-refractivity contribution in [1.82, 2.24) is 9.78 Å². The summed E-state index contributed by atoms with van der Waals surface area (Å²) in [5.41, 5.74) is 0.0493. The lowest BCUT2D eigenvalue weighted by atomic mass is 10.3. The van der Waals surface area contributed by atoms with E-state index in [2.05, 4.69) is 10.4 Å². The van der Waals surface area contributed by atoms with Crippen LogP contribution in [-0.4, -0.2) is 21.2 Å². The van der Waals surface area contributed by atoms with Crippen LogP contribution in [0.5, 0.6) is 0 Å². The number of aryl methyl sites for hydroxylation is 1. The molecule has 82 valence electrons. The van der Waals surface area contributed by atoms with E-state index in [9.17, 15) is 10.1 Å². The van der Waals surface area contributed by atoms with Gasteiger partial charge in [0, 0.05) is 13.6 Å². The van der Waals surface area contributed by atoms with Crippen LogP contribution in [0.15, 0.2) is 6.20 Å². The van der Waals surface area contributed by atoms with E-state index in [1.807, 2.05) is 0 Å². The van der Waals surface area contributed by atoms with Crippen LogP contribution < -0.4 is 5.32 Å². The van der Waals surface area contributed by atoms with Crippen LogP contribution in [0.4, 0.5) is 11.5 Å². The zero-order chi connectivity index (χ0) is 10.8. The summed E-state index contributed by atoms with van der Waals surface area (Å²) in [6.45, 7) is 0.766. The minimum atomic E-state index is -0.410. The number of nitrogens with one attached hydrogen (secondary N) is 1. The van der Waals surface area contributed by atoms with Crippen LogP contribution in [0.1, 0.15) is 19.3 Å². The molecule has 0 aromatic carbocycles. The van der Waals surface area contributed by atoms with Crippen molar-refractivity contribution in [2.45, 2.75) is 19.3 Å². The minimum Gasteiger partial charge on any atom is -0.363 e. The summed E-state index contributed by atoms with van der Waals surface area (Å²) in [4.78, 5) is 10.2. The van der Waals surface area contributed by atoms with Crippen molar-refractivity contribution >= 4 is 11.5 Å². The van der Waals surface area contributed by atoms with E-state index in [0.717, 1.165) is 18.9 Å². The van der Waals surface area contributed by atoms with E-state index in [0.29, 0.717) is 5.82 Å². The molecular formula is C9H14N4O2. The highest BCUT2D eigenvalue weighted by atomic mass is 16.6. The molecule has 1 aromatic heterocycles. The predicted octanol–water partition coefficient (Wildman–Crippen LogP) is 1.54. The van der Waals surface area contributed by atoms with Crippen molar-refractivity contribution in [2.75, 3.05) is 11.9 Å². The molecule has 0 amide bonds. The second-order valence-electron chi connectivity index (χ2n) is 3.95. The van der Waals surface area contributed by atoms with Gasteiger partial charge < -0.3 is 5.32 Å². The zero-order valence-electron chi connectivity index (χ0n) is 8.64. The van der Waals surface area contributed by atoms with Crippen LogP contribution in [0, 0.1) is 16.0 Å². The standard InChI is InChI=1S/C9H14N4O2/c1-12-6-8(13(14)15)9(11-12)10-5-4-7-2-3-7/h6-7H,2-5H2,1H3,(H,10,11). The highest BCUT2D eigenvalue weighted by Crippen LogP contribution is 2.32. The topological polar surface area (TPSA) is 73.0 Å². The van der Waals surface area contributed by atoms with E-state index in [4.69, 9.17) is 0 Å². The van der Waals surface area contributed by atoms with Crippen molar-refractivity contribution in [3.8, 4) is 0 Å². The van der Waals surface area contributed by atoms with E-state index in [1.54, 1.807) is 7.05 Å². The first-order chi connectivity index (χ1) is 7.16. The number of hydrogen-bond donors (Lipinski definition) is 1. The maximum Gasteiger partial charge on any atom is 0.330 e. The fraction of sp³-hybridized carbons (Fsp3) is 0.667. The monoisotopic (exact) mass is 210 g/mol. The third-order valence-corrected chi connectivity index (χ3v) is 2.55. The summed E-state index contributed by atoms with van der Waals surface area (Å²) in [6, 6.07) is 0. The second kappa shape index (κ2) is 3.88. The van der Waals surface area contributed by atoms with Gasteiger partial charge in [0.1, 0.15) is 6.20 Å². The quantitative estimate of drug-likeness (QED) is 0.591. The molecule has 0 radical (unpaired) electrons. The number of aromatic nitrogens is 2. The van der Waals surface area contributed by atoms with Crippen molar-refractivity contribution in [3.05, 3.63) is 16.3 Å². The molecule has 0 atom stereocenters. The van der Waals surface area contributed by atoms with Gasteiger partial charge in [0.05, 0.1) is 4.92 Å². The first kappa shape index (κ1) is 9.95. The predicted molar refractivity (Wildman–Crippen MR) is 55.7 cm³/mol. The van der Waals surface area contributed by atoms with E-state index < -0.39 is 4.92 Å². The summed E-state index contributed by atoms with van der Waals surface area (Å²) in [5, 5.41) is 17.7. The molecule has 15 heavy (non-hydrogen) atoms. The van der Waals surface area contributed by atoms with Crippen molar-refractivity contribution in [3.63, 3.8) is 0 Å². The van der Waals surface area contributed by atoms with Gasteiger partial charge >= 0.3 is 5.69 Å². The molecule has 1 fully saturated rings. The van der Waals surface area contributed by atoms with Crippen LogP contribution in [-0.2, 0) is 7.05 Å². The fourth-order valence-corrected chi connectivity index (χ4v) is 1.54. The lowest BCUT2D eigenvalue weighted by Gasteiger charge is -2.00. The van der Waals surface area contributed by atoms with Gasteiger partial charge in [-0.1, -0.05) is 12.8 Å².